The van der Waals surface area contributed by atoms with Crippen molar-refractivity contribution in [2.45, 2.75) is 46.5 Å². The van der Waals surface area contributed by atoms with Crippen LogP contribution in [0.15, 0.2) is 24.3 Å². The van der Waals surface area contributed by atoms with E-state index >= 15 is 0 Å². The normalized spacial score (nSPS) is 13.0. The first-order valence-electron chi connectivity index (χ1n) is 6.73. The van der Waals surface area contributed by atoms with Gasteiger partial charge in [0.1, 0.15) is 0 Å². The summed E-state index contributed by atoms with van der Waals surface area (Å²) in [4.78, 5) is 0. The van der Waals surface area contributed by atoms with Crippen molar-refractivity contribution >= 4 is 11.6 Å². The summed E-state index contributed by atoms with van der Waals surface area (Å²) in [6.45, 7) is 6.73. The van der Waals surface area contributed by atoms with E-state index in [-0.39, 0.29) is 0 Å². The highest BCUT2D eigenvalue weighted by atomic mass is 35.5. The van der Waals surface area contributed by atoms with Crippen molar-refractivity contribution in [3.8, 4) is 0 Å². The third kappa shape index (κ3) is 6.12. The largest absolute Gasteiger partial charge is 0.126 e. The molecule has 1 heteroatoms. The second-order valence-corrected chi connectivity index (χ2v) is 5.85. The molecule has 0 N–H and O–H groups in total. The molecule has 0 saturated heterocycles. The van der Waals surface area contributed by atoms with E-state index in [4.69, 9.17) is 11.6 Å². The number of hydrogen-bond acceptors (Lipinski definition) is 0. The zero-order chi connectivity index (χ0) is 12.7. The van der Waals surface area contributed by atoms with Crippen molar-refractivity contribution in [1.29, 1.82) is 0 Å². The molecule has 96 valence electrons. The van der Waals surface area contributed by atoms with Gasteiger partial charge in [-0.25, -0.2) is 0 Å². The van der Waals surface area contributed by atoms with E-state index < -0.39 is 0 Å². The molecule has 0 aromatic heterocycles. The van der Waals surface area contributed by atoms with E-state index in [2.05, 4.69) is 45.0 Å². The molecular weight excluding hydrogens is 228 g/mol. The van der Waals surface area contributed by atoms with Gasteiger partial charge in [-0.05, 0) is 37.2 Å². The highest BCUT2D eigenvalue weighted by molar-refractivity contribution is 6.18. The predicted octanol–water partition coefficient (Wildman–Crippen LogP) is 5.22. The van der Waals surface area contributed by atoms with Gasteiger partial charge in [-0.15, -0.1) is 11.6 Å². The molecule has 0 heterocycles. The predicted molar refractivity (Wildman–Crippen MR) is 77.8 cm³/mol. The second kappa shape index (κ2) is 7.76. The number of halogens is 1. The molecule has 1 rings (SSSR count). The Balaban J connectivity index is 2.41. The Kier molecular flexibility index (Phi) is 6.65. The van der Waals surface area contributed by atoms with Gasteiger partial charge in [-0.1, -0.05) is 56.5 Å². The molecule has 0 spiro atoms. The lowest BCUT2D eigenvalue weighted by Gasteiger charge is -2.15. The van der Waals surface area contributed by atoms with Crippen LogP contribution in [0, 0.1) is 18.8 Å². The summed E-state index contributed by atoms with van der Waals surface area (Å²) in [7, 11) is 0. The topological polar surface area (TPSA) is 0 Å². The van der Waals surface area contributed by atoms with Crippen molar-refractivity contribution in [2.24, 2.45) is 11.8 Å². The summed E-state index contributed by atoms with van der Waals surface area (Å²) >= 11 is 6.07. The summed E-state index contributed by atoms with van der Waals surface area (Å²) in [5, 5.41) is 0. The molecular formula is C16H25Cl. The number of rotatable bonds is 7. The molecule has 0 amide bonds. The van der Waals surface area contributed by atoms with Crippen molar-refractivity contribution in [1.82, 2.24) is 0 Å². The quantitative estimate of drug-likeness (QED) is 0.584. The first-order valence-corrected chi connectivity index (χ1v) is 7.26. The summed E-state index contributed by atoms with van der Waals surface area (Å²) in [5.74, 6) is 2.23. The molecule has 0 bridgehead atoms. The van der Waals surface area contributed by atoms with Gasteiger partial charge < -0.3 is 0 Å². The molecule has 0 aliphatic heterocycles. The van der Waals surface area contributed by atoms with Gasteiger partial charge >= 0.3 is 0 Å². The third-order valence-corrected chi connectivity index (χ3v) is 3.66. The summed E-state index contributed by atoms with van der Waals surface area (Å²) < 4.78 is 0. The van der Waals surface area contributed by atoms with Crippen LogP contribution in [0.5, 0.6) is 0 Å². The maximum absolute atomic E-state index is 6.07. The summed E-state index contributed by atoms with van der Waals surface area (Å²) in [6.07, 6.45) is 5.01. The number of aryl methyl sites for hydroxylation is 1. The van der Waals surface area contributed by atoms with E-state index in [1.807, 2.05) is 0 Å². The highest BCUT2D eigenvalue weighted by Crippen LogP contribution is 2.19. The van der Waals surface area contributed by atoms with E-state index in [0.29, 0.717) is 5.92 Å². The minimum absolute atomic E-state index is 0.636. The van der Waals surface area contributed by atoms with Crippen molar-refractivity contribution in [3.63, 3.8) is 0 Å². The minimum atomic E-state index is 0.636. The van der Waals surface area contributed by atoms with E-state index in [0.717, 1.165) is 18.2 Å². The standard InChI is InChI=1S/C16H25Cl/c1-13(2)6-4-9-16(12-17)11-15-8-5-7-14(3)10-15/h5,7-8,10,13,16H,4,6,9,11-12H2,1-3H3. The third-order valence-electron chi connectivity index (χ3n) is 3.22. The smallest absolute Gasteiger partial charge is 0.0254 e. The average molecular weight is 253 g/mol. The van der Waals surface area contributed by atoms with Crippen LogP contribution in [0.4, 0.5) is 0 Å². The Labute approximate surface area is 111 Å². The molecule has 1 aromatic rings. The summed E-state index contributed by atoms with van der Waals surface area (Å²) in [5.41, 5.74) is 2.78. The van der Waals surface area contributed by atoms with Crippen LogP contribution in [0.3, 0.4) is 0 Å². The monoisotopic (exact) mass is 252 g/mol. The van der Waals surface area contributed by atoms with Gasteiger partial charge in [-0.2, -0.15) is 0 Å². The van der Waals surface area contributed by atoms with Crippen LogP contribution < -0.4 is 0 Å². The average Bonchev–Trinajstić information content (AvgIpc) is 2.27. The Morgan fingerprint density at radius 1 is 1.18 bits per heavy atom. The fourth-order valence-corrected chi connectivity index (χ4v) is 2.48. The fraction of sp³-hybridized carbons (Fsp3) is 0.625. The maximum Gasteiger partial charge on any atom is 0.0254 e. The number of benzene rings is 1. The molecule has 1 aromatic carbocycles. The Hall–Kier alpha value is -0.490. The Morgan fingerprint density at radius 3 is 2.53 bits per heavy atom. The SMILES string of the molecule is Cc1cccc(CC(CCl)CCCC(C)C)c1. The van der Waals surface area contributed by atoms with Gasteiger partial charge in [-0.3, -0.25) is 0 Å². The van der Waals surface area contributed by atoms with Crippen LogP contribution in [0.2, 0.25) is 0 Å². The highest BCUT2D eigenvalue weighted by Gasteiger charge is 2.09. The lowest BCUT2D eigenvalue weighted by Crippen LogP contribution is -2.07. The van der Waals surface area contributed by atoms with Crippen molar-refractivity contribution in [3.05, 3.63) is 35.4 Å². The van der Waals surface area contributed by atoms with Crippen LogP contribution in [-0.4, -0.2) is 5.88 Å². The molecule has 1 unspecified atom stereocenters. The molecule has 0 aliphatic rings. The zero-order valence-corrected chi connectivity index (χ0v) is 12.1. The van der Waals surface area contributed by atoms with Gasteiger partial charge in [0.15, 0.2) is 0 Å². The number of alkyl halides is 1. The first kappa shape index (κ1) is 14.6. The summed E-state index contributed by atoms with van der Waals surface area (Å²) in [6, 6.07) is 8.79. The van der Waals surface area contributed by atoms with Gasteiger partial charge in [0.25, 0.3) is 0 Å². The van der Waals surface area contributed by atoms with E-state index in [9.17, 15) is 0 Å². The maximum atomic E-state index is 6.07. The van der Waals surface area contributed by atoms with Crippen LogP contribution in [-0.2, 0) is 6.42 Å². The van der Waals surface area contributed by atoms with Crippen molar-refractivity contribution < 1.29 is 0 Å². The fourth-order valence-electron chi connectivity index (χ4n) is 2.22. The molecule has 0 aliphatic carbocycles. The van der Waals surface area contributed by atoms with E-state index in [1.165, 1.54) is 30.4 Å². The Morgan fingerprint density at radius 2 is 1.94 bits per heavy atom. The van der Waals surface area contributed by atoms with Crippen LogP contribution in [0.1, 0.15) is 44.2 Å². The minimum Gasteiger partial charge on any atom is -0.126 e. The zero-order valence-electron chi connectivity index (χ0n) is 11.4. The second-order valence-electron chi connectivity index (χ2n) is 5.54. The molecule has 0 fully saturated rings. The van der Waals surface area contributed by atoms with Gasteiger partial charge in [0.2, 0.25) is 0 Å². The lowest BCUT2D eigenvalue weighted by molar-refractivity contribution is 0.459. The van der Waals surface area contributed by atoms with Gasteiger partial charge in [0, 0.05) is 5.88 Å². The van der Waals surface area contributed by atoms with Crippen molar-refractivity contribution in [2.75, 3.05) is 5.88 Å². The molecule has 17 heavy (non-hydrogen) atoms. The Bertz CT molecular complexity index is 317. The molecule has 0 radical (unpaired) electrons. The van der Waals surface area contributed by atoms with Gasteiger partial charge in [0.05, 0.1) is 0 Å². The molecule has 0 saturated carbocycles. The lowest BCUT2D eigenvalue weighted by atomic mass is 9.93. The number of hydrogen-bond donors (Lipinski definition) is 0. The van der Waals surface area contributed by atoms with Crippen LogP contribution >= 0.6 is 11.6 Å². The molecule has 1 atom stereocenters. The molecule has 0 nitrogen and oxygen atoms in total. The first-order chi connectivity index (χ1) is 8.11. The van der Waals surface area contributed by atoms with E-state index in [1.54, 1.807) is 0 Å². The van der Waals surface area contributed by atoms with Crippen LogP contribution in [0.25, 0.3) is 0 Å².